The Labute approximate surface area is 193 Å². The standard InChI is InChI=1S/C24H16Cl2FNO4/c1-32-19-11-14(7-9-16(19)25)22(29)20-21(13-5-3-2-4-6-13)28(24(31)23(20)30)15-8-10-18(27)17(26)12-15/h2-12,21,29H,1H3/b22-20+. The highest BCUT2D eigenvalue weighted by Crippen LogP contribution is 2.43. The van der Waals surface area contributed by atoms with Crippen LogP contribution in [-0.4, -0.2) is 23.9 Å². The van der Waals surface area contributed by atoms with Gasteiger partial charge in [0.05, 0.1) is 28.8 Å². The molecule has 0 radical (unpaired) electrons. The van der Waals surface area contributed by atoms with Gasteiger partial charge in [0.2, 0.25) is 0 Å². The van der Waals surface area contributed by atoms with E-state index in [2.05, 4.69) is 0 Å². The molecule has 3 aromatic rings. The second-order valence-corrected chi connectivity index (χ2v) is 7.84. The molecule has 1 heterocycles. The molecule has 8 heteroatoms. The molecule has 1 N–H and O–H groups in total. The van der Waals surface area contributed by atoms with E-state index >= 15 is 0 Å². The molecule has 1 amide bonds. The summed E-state index contributed by atoms with van der Waals surface area (Å²) in [7, 11) is 1.42. The Bertz CT molecular complexity index is 1260. The molecule has 5 nitrogen and oxygen atoms in total. The molecule has 1 fully saturated rings. The van der Waals surface area contributed by atoms with Crippen LogP contribution in [0.3, 0.4) is 0 Å². The highest BCUT2D eigenvalue weighted by Gasteiger charge is 2.47. The zero-order chi connectivity index (χ0) is 23.0. The number of rotatable bonds is 4. The Morgan fingerprint density at radius 3 is 2.38 bits per heavy atom. The summed E-state index contributed by atoms with van der Waals surface area (Å²) in [5.74, 6) is -2.50. The Balaban J connectivity index is 1.95. The molecule has 1 aliphatic rings. The zero-order valence-corrected chi connectivity index (χ0v) is 18.2. The van der Waals surface area contributed by atoms with E-state index in [0.717, 1.165) is 6.07 Å². The fourth-order valence-electron chi connectivity index (χ4n) is 3.65. The highest BCUT2D eigenvalue weighted by atomic mass is 35.5. The fourth-order valence-corrected chi connectivity index (χ4v) is 4.02. The number of anilines is 1. The zero-order valence-electron chi connectivity index (χ0n) is 16.7. The summed E-state index contributed by atoms with van der Waals surface area (Å²) in [5.41, 5.74) is 0.933. The van der Waals surface area contributed by atoms with E-state index < -0.39 is 23.5 Å². The molecular formula is C24H16Cl2FNO4. The van der Waals surface area contributed by atoms with Gasteiger partial charge >= 0.3 is 0 Å². The van der Waals surface area contributed by atoms with Crippen molar-refractivity contribution in [2.75, 3.05) is 12.0 Å². The lowest BCUT2D eigenvalue weighted by molar-refractivity contribution is -0.132. The second kappa shape index (κ2) is 8.65. The molecule has 162 valence electrons. The normalized spacial score (nSPS) is 17.6. The van der Waals surface area contributed by atoms with Gasteiger partial charge in [-0.15, -0.1) is 0 Å². The lowest BCUT2D eigenvalue weighted by Crippen LogP contribution is -2.29. The Hall–Kier alpha value is -3.35. The van der Waals surface area contributed by atoms with Crippen molar-refractivity contribution in [1.82, 2.24) is 0 Å². The van der Waals surface area contributed by atoms with Crippen LogP contribution in [-0.2, 0) is 9.59 Å². The third-order valence-corrected chi connectivity index (χ3v) is 5.77. The lowest BCUT2D eigenvalue weighted by Gasteiger charge is -2.25. The largest absolute Gasteiger partial charge is 0.507 e. The summed E-state index contributed by atoms with van der Waals surface area (Å²) in [6, 6.07) is 16.0. The number of hydrogen-bond donors (Lipinski definition) is 1. The first-order valence-corrected chi connectivity index (χ1v) is 10.2. The first-order chi connectivity index (χ1) is 15.3. The predicted molar refractivity (Wildman–Crippen MR) is 121 cm³/mol. The van der Waals surface area contributed by atoms with Crippen LogP contribution < -0.4 is 9.64 Å². The average Bonchev–Trinajstić information content (AvgIpc) is 3.06. The van der Waals surface area contributed by atoms with Crippen molar-refractivity contribution in [2.24, 2.45) is 0 Å². The summed E-state index contributed by atoms with van der Waals surface area (Å²) in [6.07, 6.45) is 0. The number of amides is 1. The van der Waals surface area contributed by atoms with Gasteiger partial charge < -0.3 is 9.84 Å². The number of aliphatic hydroxyl groups excluding tert-OH is 1. The first-order valence-electron chi connectivity index (χ1n) is 9.48. The second-order valence-electron chi connectivity index (χ2n) is 7.03. The molecular weight excluding hydrogens is 456 g/mol. The van der Waals surface area contributed by atoms with Crippen molar-refractivity contribution in [1.29, 1.82) is 0 Å². The number of benzene rings is 3. The monoisotopic (exact) mass is 471 g/mol. The fraction of sp³-hybridized carbons (Fsp3) is 0.0833. The molecule has 1 aliphatic heterocycles. The third-order valence-electron chi connectivity index (χ3n) is 5.17. The van der Waals surface area contributed by atoms with Crippen LogP contribution >= 0.6 is 23.2 Å². The van der Waals surface area contributed by atoms with E-state index in [1.807, 2.05) is 0 Å². The van der Waals surface area contributed by atoms with E-state index in [4.69, 9.17) is 27.9 Å². The van der Waals surface area contributed by atoms with E-state index in [-0.39, 0.29) is 27.6 Å². The molecule has 4 rings (SSSR count). The number of carbonyl (C=O) groups is 2. The van der Waals surface area contributed by atoms with Gasteiger partial charge in [0.15, 0.2) is 0 Å². The number of halogens is 3. The number of nitrogens with zero attached hydrogens (tertiary/aromatic N) is 1. The number of ketones is 1. The van der Waals surface area contributed by atoms with E-state index in [9.17, 15) is 19.1 Å². The Kier molecular flexibility index (Phi) is 5.91. The minimum Gasteiger partial charge on any atom is -0.507 e. The lowest BCUT2D eigenvalue weighted by atomic mass is 9.95. The van der Waals surface area contributed by atoms with Gasteiger partial charge in [0, 0.05) is 11.3 Å². The molecule has 1 saturated heterocycles. The third kappa shape index (κ3) is 3.72. The van der Waals surface area contributed by atoms with Crippen molar-refractivity contribution < 1.29 is 23.8 Å². The summed E-state index contributed by atoms with van der Waals surface area (Å²) in [4.78, 5) is 27.3. The van der Waals surface area contributed by atoms with Gasteiger partial charge in [-0.1, -0.05) is 53.5 Å². The van der Waals surface area contributed by atoms with Gasteiger partial charge in [-0.3, -0.25) is 14.5 Å². The van der Waals surface area contributed by atoms with Crippen molar-refractivity contribution in [3.8, 4) is 5.75 Å². The topological polar surface area (TPSA) is 66.8 Å². The number of ether oxygens (including phenoxy) is 1. The summed E-state index contributed by atoms with van der Waals surface area (Å²) in [5, 5.41) is 11.2. The van der Waals surface area contributed by atoms with Gasteiger partial charge in [0.1, 0.15) is 17.3 Å². The molecule has 0 saturated carbocycles. The van der Waals surface area contributed by atoms with Crippen LogP contribution in [0, 0.1) is 5.82 Å². The molecule has 3 aromatic carbocycles. The molecule has 0 aromatic heterocycles. The maximum absolute atomic E-state index is 13.7. The van der Waals surface area contributed by atoms with Crippen LogP contribution in [0.25, 0.3) is 5.76 Å². The first kappa shape index (κ1) is 21.9. The summed E-state index contributed by atoms with van der Waals surface area (Å²) < 4.78 is 18.9. The summed E-state index contributed by atoms with van der Waals surface area (Å²) in [6.45, 7) is 0. The maximum atomic E-state index is 13.7. The number of methoxy groups -OCH3 is 1. The van der Waals surface area contributed by atoms with Crippen LogP contribution in [0.4, 0.5) is 10.1 Å². The van der Waals surface area contributed by atoms with Crippen molar-refractivity contribution in [2.45, 2.75) is 6.04 Å². The molecule has 0 spiro atoms. The summed E-state index contributed by atoms with van der Waals surface area (Å²) >= 11 is 12.0. The SMILES string of the molecule is COc1cc(/C(O)=C2\C(=O)C(=O)N(c3ccc(F)c(Cl)c3)C2c2ccccc2)ccc1Cl. The van der Waals surface area contributed by atoms with Crippen LogP contribution in [0.2, 0.25) is 10.0 Å². The molecule has 0 aliphatic carbocycles. The van der Waals surface area contributed by atoms with Crippen LogP contribution in [0.1, 0.15) is 17.2 Å². The molecule has 1 unspecified atom stereocenters. The van der Waals surface area contributed by atoms with Crippen molar-refractivity contribution in [3.05, 3.63) is 99.3 Å². The van der Waals surface area contributed by atoms with Gasteiger partial charge in [0.25, 0.3) is 11.7 Å². The maximum Gasteiger partial charge on any atom is 0.300 e. The number of aliphatic hydroxyl groups is 1. The minimum absolute atomic E-state index is 0.119. The Morgan fingerprint density at radius 2 is 1.72 bits per heavy atom. The van der Waals surface area contributed by atoms with Gasteiger partial charge in [-0.25, -0.2) is 4.39 Å². The number of carbonyl (C=O) groups excluding carboxylic acids is 2. The molecule has 32 heavy (non-hydrogen) atoms. The van der Waals surface area contributed by atoms with E-state index in [0.29, 0.717) is 16.3 Å². The van der Waals surface area contributed by atoms with Crippen LogP contribution in [0.5, 0.6) is 5.75 Å². The van der Waals surface area contributed by atoms with Gasteiger partial charge in [-0.2, -0.15) is 0 Å². The average molecular weight is 472 g/mol. The van der Waals surface area contributed by atoms with Gasteiger partial charge in [-0.05, 0) is 42.0 Å². The number of Topliss-reactive ketones (excluding diaryl/α,β-unsaturated/α-hetero) is 1. The predicted octanol–water partition coefficient (Wildman–Crippen LogP) is 5.77. The van der Waals surface area contributed by atoms with Crippen molar-refractivity contribution >= 4 is 46.3 Å². The smallest absolute Gasteiger partial charge is 0.300 e. The highest BCUT2D eigenvalue weighted by molar-refractivity contribution is 6.51. The minimum atomic E-state index is -0.959. The van der Waals surface area contributed by atoms with E-state index in [1.165, 1.54) is 42.3 Å². The van der Waals surface area contributed by atoms with E-state index in [1.54, 1.807) is 30.3 Å². The molecule has 1 atom stereocenters. The van der Waals surface area contributed by atoms with Crippen molar-refractivity contribution in [3.63, 3.8) is 0 Å². The number of hydrogen-bond acceptors (Lipinski definition) is 4. The quantitative estimate of drug-likeness (QED) is 0.298. The Morgan fingerprint density at radius 1 is 1.00 bits per heavy atom. The van der Waals surface area contributed by atoms with Crippen LogP contribution in [0.15, 0.2) is 72.3 Å². The molecule has 0 bridgehead atoms.